The second-order valence-corrected chi connectivity index (χ2v) is 3.71. The number of hydrogen-bond acceptors (Lipinski definition) is 3. The van der Waals surface area contributed by atoms with Gasteiger partial charge in [0.2, 0.25) is 0 Å². The molecule has 80 valence electrons. The zero-order valence-corrected chi connectivity index (χ0v) is 9.01. The van der Waals surface area contributed by atoms with E-state index in [0.29, 0.717) is 34.9 Å². The summed E-state index contributed by atoms with van der Waals surface area (Å²) in [5.74, 6) is 0. The van der Waals surface area contributed by atoms with Crippen molar-refractivity contribution in [1.29, 1.82) is 0 Å². The monoisotopic (exact) mass is 226 g/mol. The Morgan fingerprint density at radius 3 is 3.07 bits per heavy atom. The average Bonchev–Trinajstić information content (AvgIpc) is 2.55. The molecule has 0 aliphatic carbocycles. The van der Waals surface area contributed by atoms with Crippen molar-refractivity contribution in [3.05, 3.63) is 32.8 Å². The molecule has 0 bridgehead atoms. The molecule has 0 atom stereocenters. The van der Waals surface area contributed by atoms with Crippen molar-refractivity contribution < 1.29 is 0 Å². The van der Waals surface area contributed by atoms with E-state index >= 15 is 0 Å². The summed E-state index contributed by atoms with van der Waals surface area (Å²) < 4.78 is 1.33. The number of H-pyrrole nitrogens is 1. The van der Waals surface area contributed by atoms with E-state index in [1.165, 1.54) is 10.7 Å². The van der Waals surface area contributed by atoms with Crippen molar-refractivity contribution >= 4 is 17.2 Å². The standard InChI is InChI=1S/C9H11ClN4O/c1-5-6(2-3-11)9(15)14-8(13-5)7(10)4-12-14/h4,12H,2-3,11H2,1H3. The highest BCUT2D eigenvalue weighted by Gasteiger charge is 2.11. The maximum Gasteiger partial charge on any atom is 0.276 e. The highest BCUT2D eigenvalue weighted by atomic mass is 35.5. The van der Waals surface area contributed by atoms with E-state index in [2.05, 4.69) is 10.1 Å². The van der Waals surface area contributed by atoms with Crippen LogP contribution in [0.2, 0.25) is 5.02 Å². The SMILES string of the molecule is Cc1nc2c(Cl)c[nH]n2c(=O)c1CCN. The van der Waals surface area contributed by atoms with Gasteiger partial charge in [0.1, 0.15) is 5.02 Å². The zero-order chi connectivity index (χ0) is 11.0. The van der Waals surface area contributed by atoms with Gasteiger partial charge in [0.15, 0.2) is 5.65 Å². The minimum Gasteiger partial charge on any atom is -0.330 e. The van der Waals surface area contributed by atoms with Gasteiger partial charge in [-0.1, -0.05) is 11.6 Å². The molecule has 6 heteroatoms. The van der Waals surface area contributed by atoms with Crippen LogP contribution in [0.4, 0.5) is 0 Å². The van der Waals surface area contributed by atoms with Crippen LogP contribution in [0.25, 0.3) is 5.65 Å². The Morgan fingerprint density at radius 1 is 1.67 bits per heavy atom. The summed E-state index contributed by atoms with van der Waals surface area (Å²) in [6.07, 6.45) is 2.06. The summed E-state index contributed by atoms with van der Waals surface area (Å²) in [5, 5.41) is 3.19. The normalized spacial score (nSPS) is 11.1. The van der Waals surface area contributed by atoms with Gasteiger partial charge in [-0.15, -0.1) is 0 Å². The lowest BCUT2D eigenvalue weighted by Crippen LogP contribution is -2.23. The Labute approximate surface area is 90.9 Å². The molecule has 0 saturated carbocycles. The van der Waals surface area contributed by atoms with Crippen LogP contribution in [-0.4, -0.2) is 21.1 Å². The van der Waals surface area contributed by atoms with Crippen LogP contribution in [0.15, 0.2) is 11.0 Å². The number of aromatic nitrogens is 3. The maximum atomic E-state index is 11.9. The fraction of sp³-hybridized carbons (Fsp3) is 0.333. The number of halogens is 1. The van der Waals surface area contributed by atoms with E-state index in [9.17, 15) is 4.79 Å². The van der Waals surface area contributed by atoms with Gasteiger partial charge in [-0.05, 0) is 19.9 Å². The Balaban J connectivity index is 2.79. The topological polar surface area (TPSA) is 76.2 Å². The number of aryl methyl sites for hydroxylation is 1. The van der Waals surface area contributed by atoms with Gasteiger partial charge in [0.05, 0.1) is 0 Å². The summed E-state index contributed by atoms with van der Waals surface area (Å²) in [6, 6.07) is 0. The summed E-state index contributed by atoms with van der Waals surface area (Å²) >= 11 is 5.87. The number of nitrogens with one attached hydrogen (secondary N) is 1. The second kappa shape index (κ2) is 3.67. The molecule has 0 fully saturated rings. The van der Waals surface area contributed by atoms with Gasteiger partial charge in [-0.2, -0.15) is 4.52 Å². The summed E-state index contributed by atoms with van der Waals surface area (Å²) in [6.45, 7) is 2.22. The van der Waals surface area contributed by atoms with Crippen LogP contribution in [0.3, 0.4) is 0 Å². The van der Waals surface area contributed by atoms with Gasteiger partial charge in [-0.3, -0.25) is 9.89 Å². The van der Waals surface area contributed by atoms with E-state index < -0.39 is 0 Å². The Morgan fingerprint density at radius 2 is 2.40 bits per heavy atom. The summed E-state index contributed by atoms with van der Waals surface area (Å²) in [7, 11) is 0. The number of nitrogens with zero attached hydrogens (tertiary/aromatic N) is 2. The highest BCUT2D eigenvalue weighted by Crippen LogP contribution is 2.13. The fourth-order valence-corrected chi connectivity index (χ4v) is 1.74. The number of rotatable bonds is 2. The first-order valence-electron chi connectivity index (χ1n) is 4.60. The van der Waals surface area contributed by atoms with Crippen molar-refractivity contribution in [2.24, 2.45) is 5.73 Å². The molecule has 5 nitrogen and oxygen atoms in total. The molecule has 15 heavy (non-hydrogen) atoms. The number of hydrogen-bond donors (Lipinski definition) is 2. The van der Waals surface area contributed by atoms with Crippen molar-refractivity contribution in [3.8, 4) is 0 Å². The quantitative estimate of drug-likeness (QED) is 0.782. The lowest BCUT2D eigenvalue weighted by molar-refractivity contribution is 0.833. The minimum absolute atomic E-state index is 0.130. The van der Waals surface area contributed by atoms with E-state index in [4.69, 9.17) is 17.3 Å². The second-order valence-electron chi connectivity index (χ2n) is 3.30. The largest absolute Gasteiger partial charge is 0.330 e. The average molecular weight is 227 g/mol. The van der Waals surface area contributed by atoms with Crippen LogP contribution in [0.5, 0.6) is 0 Å². The third kappa shape index (κ3) is 1.53. The van der Waals surface area contributed by atoms with E-state index in [1.807, 2.05) is 0 Å². The molecular weight excluding hydrogens is 216 g/mol. The third-order valence-electron chi connectivity index (χ3n) is 2.31. The van der Waals surface area contributed by atoms with Crippen LogP contribution >= 0.6 is 11.6 Å². The van der Waals surface area contributed by atoms with E-state index in [-0.39, 0.29) is 5.56 Å². The predicted molar refractivity (Wildman–Crippen MR) is 58.3 cm³/mol. The Kier molecular flexibility index (Phi) is 2.50. The molecule has 2 aromatic heterocycles. The highest BCUT2D eigenvalue weighted by molar-refractivity contribution is 6.33. The molecule has 0 unspecified atom stereocenters. The number of nitrogens with two attached hydrogens (primary N) is 1. The van der Waals surface area contributed by atoms with E-state index in [0.717, 1.165) is 0 Å². The van der Waals surface area contributed by atoms with Gasteiger partial charge >= 0.3 is 0 Å². The molecule has 0 aliphatic heterocycles. The maximum absolute atomic E-state index is 11.9. The van der Waals surface area contributed by atoms with Crippen LogP contribution in [-0.2, 0) is 6.42 Å². The first-order valence-corrected chi connectivity index (χ1v) is 4.98. The summed E-state index contributed by atoms with van der Waals surface area (Å²) in [5.41, 5.74) is 7.08. The number of aromatic amines is 1. The predicted octanol–water partition coefficient (Wildman–Crippen LogP) is 0.486. The van der Waals surface area contributed by atoms with Crippen LogP contribution < -0.4 is 11.3 Å². The molecule has 0 aliphatic rings. The minimum atomic E-state index is -0.130. The fourth-order valence-electron chi connectivity index (χ4n) is 1.56. The van der Waals surface area contributed by atoms with Crippen molar-refractivity contribution in [2.75, 3.05) is 6.54 Å². The molecule has 0 amide bonds. The lowest BCUT2D eigenvalue weighted by atomic mass is 10.2. The molecule has 0 aromatic carbocycles. The van der Waals surface area contributed by atoms with Gasteiger partial charge in [0.25, 0.3) is 5.56 Å². The number of fused-ring (bicyclic) bond motifs is 1. The van der Waals surface area contributed by atoms with Crippen molar-refractivity contribution in [2.45, 2.75) is 13.3 Å². The summed E-state index contributed by atoms with van der Waals surface area (Å²) in [4.78, 5) is 16.2. The first kappa shape index (κ1) is 10.2. The molecule has 3 N–H and O–H groups in total. The third-order valence-corrected chi connectivity index (χ3v) is 2.59. The Bertz CT molecular complexity index is 557. The first-order chi connectivity index (χ1) is 7.15. The molecule has 0 saturated heterocycles. The van der Waals surface area contributed by atoms with Crippen molar-refractivity contribution in [3.63, 3.8) is 0 Å². The lowest BCUT2D eigenvalue weighted by Gasteiger charge is -2.03. The van der Waals surface area contributed by atoms with Gasteiger partial charge in [0, 0.05) is 17.5 Å². The van der Waals surface area contributed by atoms with Crippen molar-refractivity contribution in [1.82, 2.24) is 14.6 Å². The molecule has 2 aromatic rings. The Hall–Kier alpha value is -1.33. The van der Waals surface area contributed by atoms with E-state index in [1.54, 1.807) is 6.92 Å². The van der Waals surface area contributed by atoms with Crippen LogP contribution in [0, 0.1) is 6.92 Å². The van der Waals surface area contributed by atoms with Crippen LogP contribution in [0.1, 0.15) is 11.3 Å². The molecule has 0 spiro atoms. The molecule has 0 radical (unpaired) electrons. The van der Waals surface area contributed by atoms with Gasteiger partial charge in [-0.25, -0.2) is 4.98 Å². The van der Waals surface area contributed by atoms with Gasteiger partial charge < -0.3 is 5.73 Å². The molecule has 2 rings (SSSR count). The smallest absolute Gasteiger partial charge is 0.276 e. The molecule has 2 heterocycles. The molecular formula is C9H11ClN4O. The zero-order valence-electron chi connectivity index (χ0n) is 8.25.